The second kappa shape index (κ2) is 5.46. The van der Waals surface area contributed by atoms with Crippen LogP contribution in [-0.2, 0) is 9.53 Å². The number of hydrogen-bond donors (Lipinski definition) is 1. The molecule has 0 aliphatic carbocycles. The van der Waals surface area contributed by atoms with E-state index in [-0.39, 0.29) is 5.97 Å². The summed E-state index contributed by atoms with van der Waals surface area (Å²) in [6, 6.07) is 4.25. The molecular weight excluding hydrogens is 222 g/mol. The molecule has 2 rings (SSSR count). The van der Waals surface area contributed by atoms with E-state index in [9.17, 15) is 4.79 Å². The molecule has 0 amide bonds. The highest BCUT2D eigenvalue weighted by atomic mass is 32.1. The van der Waals surface area contributed by atoms with E-state index in [1.807, 2.05) is 0 Å². The Hall–Kier alpha value is -0.870. The van der Waals surface area contributed by atoms with Gasteiger partial charge in [-0.25, -0.2) is 0 Å². The molecule has 0 saturated carbocycles. The van der Waals surface area contributed by atoms with Gasteiger partial charge >= 0.3 is 5.97 Å². The Morgan fingerprint density at radius 3 is 3.25 bits per heavy atom. The zero-order valence-corrected chi connectivity index (χ0v) is 10.3. The average molecular weight is 239 g/mol. The van der Waals surface area contributed by atoms with E-state index in [4.69, 9.17) is 4.74 Å². The van der Waals surface area contributed by atoms with E-state index in [0.29, 0.717) is 18.3 Å². The van der Waals surface area contributed by atoms with Crippen LogP contribution in [0.3, 0.4) is 0 Å². The maximum atomic E-state index is 11.3. The Morgan fingerprint density at radius 2 is 2.56 bits per heavy atom. The summed E-state index contributed by atoms with van der Waals surface area (Å²) in [7, 11) is 1.46. The molecule has 4 heteroatoms. The summed E-state index contributed by atoms with van der Waals surface area (Å²) in [4.78, 5) is 12.7. The summed E-state index contributed by atoms with van der Waals surface area (Å²) < 4.78 is 4.76. The minimum absolute atomic E-state index is 0.102. The lowest BCUT2D eigenvalue weighted by atomic mass is 9.83. The van der Waals surface area contributed by atoms with Gasteiger partial charge in [0.25, 0.3) is 0 Å². The molecule has 2 atom stereocenters. The molecule has 0 aromatic carbocycles. The van der Waals surface area contributed by atoms with Crippen LogP contribution in [0.25, 0.3) is 0 Å². The lowest BCUT2D eigenvalue weighted by Gasteiger charge is -2.30. The highest BCUT2D eigenvalue weighted by molar-refractivity contribution is 7.10. The van der Waals surface area contributed by atoms with Crippen molar-refractivity contribution < 1.29 is 9.53 Å². The van der Waals surface area contributed by atoms with Crippen LogP contribution in [0.5, 0.6) is 0 Å². The number of piperidine rings is 1. The molecule has 1 aliphatic heterocycles. The number of rotatable bonds is 3. The van der Waals surface area contributed by atoms with Gasteiger partial charge < -0.3 is 10.1 Å². The van der Waals surface area contributed by atoms with Crippen LogP contribution in [0.15, 0.2) is 17.5 Å². The van der Waals surface area contributed by atoms with Gasteiger partial charge in [-0.15, -0.1) is 11.3 Å². The van der Waals surface area contributed by atoms with Gasteiger partial charge in [-0.05, 0) is 42.8 Å². The molecule has 1 aliphatic rings. The van der Waals surface area contributed by atoms with Crippen LogP contribution in [0.4, 0.5) is 0 Å². The van der Waals surface area contributed by atoms with Gasteiger partial charge in [-0.2, -0.15) is 0 Å². The first-order chi connectivity index (χ1) is 7.81. The first kappa shape index (κ1) is 11.6. The Morgan fingerprint density at radius 1 is 1.69 bits per heavy atom. The van der Waals surface area contributed by atoms with Gasteiger partial charge in [0.1, 0.15) is 0 Å². The Kier molecular flexibility index (Phi) is 3.96. The minimum Gasteiger partial charge on any atom is -0.469 e. The van der Waals surface area contributed by atoms with Gasteiger partial charge in [0.2, 0.25) is 0 Å². The van der Waals surface area contributed by atoms with Crippen LogP contribution in [0.2, 0.25) is 0 Å². The van der Waals surface area contributed by atoms with Gasteiger partial charge in [-0.1, -0.05) is 6.07 Å². The zero-order valence-electron chi connectivity index (χ0n) is 9.44. The fraction of sp³-hybridized carbons (Fsp3) is 0.583. The third kappa shape index (κ3) is 2.62. The lowest BCUT2D eigenvalue weighted by Crippen LogP contribution is -2.36. The van der Waals surface area contributed by atoms with Crippen molar-refractivity contribution in [3.8, 4) is 0 Å². The number of hydrogen-bond acceptors (Lipinski definition) is 4. The molecule has 88 valence electrons. The Labute approximate surface area is 99.8 Å². The minimum atomic E-state index is -0.102. The summed E-state index contributed by atoms with van der Waals surface area (Å²) in [6.45, 7) is 1.96. The van der Waals surface area contributed by atoms with E-state index in [0.717, 1.165) is 19.5 Å². The van der Waals surface area contributed by atoms with Gasteiger partial charge in [0, 0.05) is 4.88 Å². The van der Waals surface area contributed by atoms with E-state index >= 15 is 0 Å². The van der Waals surface area contributed by atoms with E-state index < -0.39 is 0 Å². The van der Waals surface area contributed by atoms with Crippen LogP contribution in [0.1, 0.15) is 23.6 Å². The fourth-order valence-electron chi connectivity index (χ4n) is 2.31. The third-order valence-corrected chi connectivity index (χ3v) is 4.18. The van der Waals surface area contributed by atoms with Crippen molar-refractivity contribution in [1.82, 2.24) is 5.32 Å². The van der Waals surface area contributed by atoms with Crippen LogP contribution >= 0.6 is 11.3 Å². The molecule has 16 heavy (non-hydrogen) atoms. The molecule has 0 radical (unpaired) electrons. The molecule has 0 bridgehead atoms. The quantitative estimate of drug-likeness (QED) is 0.820. The second-order valence-corrected chi connectivity index (χ2v) is 5.13. The monoisotopic (exact) mass is 239 g/mol. The molecule has 1 aromatic rings. The predicted molar refractivity (Wildman–Crippen MR) is 64.7 cm³/mol. The smallest absolute Gasteiger partial charge is 0.305 e. The highest BCUT2D eigenvalue weighted by Crippen LogP contribution is 2.34. The van der Waals surface area contributed by atoms with Crippen molar-refractivity contribution in [2.24, 2.45) is 5.92 Å². The number of ether oxygens (including phenoxy) is 1. The van der Waals surface area contributed by atoms with Gasteiger partial charge in [0.15, 0.2) is 0 Å². The maximum absolute atomic E-state index is 11.3. The molecule has 2 unspecified atom stereocenters. The number of thiophene rings is 1. The molecule has 1 fully saturated rings. The van der Waals surface area contributed by atoms with E-state index in [2.05, 4.69) is 22.8 Å². The van der Waals surface area contributed by atoms with Crippen LogP contribution < -0.4 is 5.32 Å². The number of carbonyl (C=O) groups is 1. The summed E-state index contributed by atoms with van der Waals surface area (Å²) in [5, 5.41) is 5.46. The molecule has 1 aromatic heterocycles. The Bertz CT molecular complexity index is 337. The standard InChI is InChI=1S/C12H17NO2S/c1-15-12(14)7-9-8-13-5-4-10(9)11-3-2-6-16-11/h2-3,6,9-10,13H,4-5,7-8H2,1H3. The molecule has 1 saturated heterocycles. The number of carbonyl (C=O) groups excluding carboxylic acids is 1. The molecule has 2 heterocycles. The fourth-order valence-corrected chi connectivity index (χ4v) is 3.27. The predicted octanol–water partition coefficient (Wildman–Crippen LogP) is 2.00. The Balaban J connectivity index is 2.05. The maximum Gasteiger partial charge on any atom is 0.305 e. The molecule has 3 nitrogen and oxygen atoms in total. The largest absolute Gasteiger partial charge is 0.469 e. The van der Waals surface area contributed by atoms with Crippen molar-refractivity contribution in [1.29, 1.82) is 0 Å². The SMILES string of the molecule is COC(=O)CC1CNCCC1c1cccs1. The van der Waals surface area contributed by atoms with Crippen molar-refractivity contribution in [2.45, 2.75) is 18.8 Å². The van der Waals surface area contributed by atoms with Crippen LogP contribution in [0, 0.1) is 5.92 Å². The molecule has 0 spiro atoms. The first-order valence-electron chi connectivity index (χ1n) is 5.62. The lowest BCUT2D eigenvalue weighted by molar-refractivity contribution is -0.142. The van der Waals surface area contributed by atoms with Crippen molar-refractivity contribution in [3.05, 3.63) is 22.4 Å². The summed E-state index contributed by atoms with van der Waals surface area (Å²) in [5.74, 6) is 0.787. The number of nitrogens with one attached hydrogen (secondary N) is 1. The number of methoxy groups -OCH3 is 1. The van der Waals surface area contributed by atoms with Gasteiger partial charge in [-0.3, -0.25) is 4.79 Å². The summed E-state index contributed by atoms with van der Waals surface area (Å²) in [5.41, 5.74) is 0. The van der Waals surface area contributed by atoms with E-state index in [1.54, 1.807) is 11.3 Å². The topological polar surface area (TPSA) is 38.3 Å². The summed E-state index contributed by atoms with van der Waals surface area (Å²) in [6.07, 6.45) is 1.63. The first-order valence-corrected chi connectivity index (χ1v) is 6.50. The van der Waals surface area contributed by atoms with Crippen molar-refractivity contribution in [2.75, 3.05) is 20.2 Å². The molecule has 1 N–H and O–H groups in total. The summed E-state index contributed by atoms with van der Waals surface area (Å²) >= 11 is 1.79. The van der Waals surface area contributed by atoms with Crippen molar-refractivity contribution in [3.63, 3.8) is 0 Å². The van der Waals surface area contributed by atoms with Crippen molar-refractivity contribution >= 4 is 17.3 Å². The normalized spacial score (nSPS) is 25.3. The molecular formula is C12H17NO2S. The zero-order chi connectivity index (χ0) is 11.4. The van der Waals surface area contributed by atoms with Gasteiger partial charge in [0.05, 0.1) is 13.5 Å². The second-order valence-electron chi connectivity index (χ2n) is 4.16. The third-order valence-electron chi connectivity index (χ3n) is 3.17. The van der Waals surface area contributed by atoms with Crippen LogP contribution in [-0.4, -0.2) is 26.2 Å². The average Bonchev–Trinajstić information content (AvgIpc) is 2.83. The van der Waals surface area contributed by atoms with E-state index in [1.165, 1.54) is 12.0 Å². The highest BCUT2D eigenvalue weighted by Gasteiger charge is 2.29. The number of esters is 1.